The SMILES string of the molecule is C=C1CCC(C2C(=O)c3cccc(CC(=O)CCCCCN4CCN(C(c5ccc(F)cc5)c5ccc(F)cc5)CC4)c3C2=O)C(=O)N1. The van der Waals surface area contributed by atoms with Crippen LogP contribution >= 0.6 is 0 Å². The molecule has 2 heterocycles. The fourth-order valence-corrected chi connectivity index (χ4v) is 7.44. The third-order valence-corrected chi connectivity index (χ3v) is 9.98. The molecular weight excluding hydrogens is 612 g/mol. The monoisotopic (exact) mass is 653 g/mol. The molecule has 2 fully saturated rings. The lowest BCUT2D eigenvalue weighted by molar-refractivity contribution is -0.126. The first-order valence-corrected chi connectivity index (χ1v) is 16.9. The highest BCUT2D eigenvalue weighted by Gasteiger charge is 2.47. The molecule has 7 nitrogen and oxygen atoms in total. The van der Waals surface area contributed by atoms with Gasteiger partial charge in [0.15, 0.2) is 11.6 Å². The van der Waals surface area contributed by atoms with Crippen molar-refractivity contribution in [1.82, 2.24) is 15.1 Å². The third-order valence-electron chi connectivity index (χ3n) is 9.98. The van der Waals surface area contributed by atoms with E-state index in [-0.39, 0.29) is 47.4 Å². The largest absolute Gasteiger partial charge is 0.330 e. The van der Waals surface area contributed by atoms with E-state index in [4.69, 9.17) is 0 Å². The zero-order chi connectivity index (χ0) is 33.8. The summed E-state index contributed by atoms with van der Waals surface area (Å²) in [6, 6.07) is 18.0. The Hall–Kier alpha value is -4.34. The molecule has 250 valence electrons. The van der Waals surface area contributed by atoms with E-state index in [0.29, 0.717) is 41.6 Å². The number of benzene rings is 3. The lowest BCUT2D eigenvalue weighted by Crippen LogP contribution is -2.48. The highest BCUT2D eigenvalue weighted by molar-refractivity contribution is 6.28. The highest BCUT2D eigenvalue weighted by atomic mass is 19.1. The van der Waals surface area contributed by atoms with Gasteiger partial charge in [-0.3, -0.25) is 24.1 Å². The Balaban J connectivity index is 0.960. The van der Waals surface area contributed by atoms with Crippen molar-refractivity contribution in [2.24, 2.45) is 11.8 Å². The molecule has 0 radical (unpaired) electrons. The van der Waals surface area contributed by atoms with E-state index in [1.807, 2.05) is 0 Å². The summed E-state index contributed by atoms with van der Waals surface area (Å²) < 4.78 is 27.3. The maximum Gasteiger partial charge on any atom is 0.228 e. The van der Waals surface area contributed by atoms with Gasteiger partial charge in [0, 0.05) is 55.8 Å². The van der Waals surface area contributed by atoms with Crippen LogP contribution in [0.15, 0.2) is 79.0 Å². The van der Waals surface area contributed by atoms with E-state index in [1.54, 1.807) is 42.5 Å². The number of ketones is 3. The van der Waals surface area contributed by atoms with Crippen molar-refractivity contribution in [2.45, 2.75) is 51.0 Å². The van der Waals surface area contributed by atoms with Crippen molar-refractivity contribution in [2.75, 3.05) is 32.7 Å². The standard InChI is InChI=1S/C39H41F2N3O4/c1-25-9-18-33(39(48)42-25)35-37(46)32-8-5-6-28(34(32)38(35)47)24-31(45)7-3-2-4-19-43-20-22-44(23-21-43)36(26-10-14-29(40)15-11-26)27-12-16-30(41)17-13-27/h5-6,8,10-17,33,35-36H,1-4,7,9,18-24H2,(H,42,48). The van der Waals surface area contributed by atoms with Crippen LogP contribution in [0, 0.1) is 23.5 Å². The molecule has 2 aliphatic heterocycles. The van der Waals surface area contributed by atoms with Crippen LogP contribution < -0.4 is 5.32 Å². The van der Waals surface area contributed by atoms with Crippen LogP contribution in [0.1, 0.15) is 82.0 Å². The second-order valence-electron chi connectivity index (χ2n) is 13.2. The van der Waals surface area contributed by atoms with Crippen molar-refractivity contribution < 1.29 is 28.0 Å². The summed E-state index contributed by atoms with van der Waals surface area (Å²) in [5.74, 6) is -3.34. The molecule has 3 aromatic carbocycles. The van der Waals surface area contributed by atoms with E-state index >= 15 is 0 Å². The van der Waals surface area contributed by atoms with Crippen molar-refractivity contribution in [3.8, 4) is 0 Å². The Morgan fingerprint density at radius 2 is 1.48 bits per heavy atom. The maximum atomic E-state index is 13.7. The quantitative estimate of drug-likeness (QED) is 0.189. The minimum Gasteiger partial charge on any atom is -0.330 e. The van der Waals surface area contributed by atoms with Gasteiger partial charge in [0.25, 0.3) is 0 Å². The summed E-state index contributed by atoms with van der Waals surface area (Å²) in [4.78, 5) is 57.0. The van der Waals surface area contributed by atoms with Crippen LogP contribution in [-0.4, -0.2) is 65.8 Å². The molecule has 1 aliphatic carbocycles. The van der Waals surface area contributed by atoms with E-state index in [9.17, 15) is 28.0 Å². The second-order valence-corrected chi connectivity index (χ2v) is 13.2. The normalized spacial score (nSPS) is 20.3. The molecule has 9 heteroatoms. The lowest BCUT2D eigenvalue weighted by atomic mass is 9.81. The highest BCUT2D eigenvalue weighted by Crippen LogP contribution is 2.38. The molecule has 0 aromatic heterocycles. The summed E-state index contributed by atoms with van der Waals surface area (Å²) in [5.41, 5.74) is 3.72. The summed E-state index contributed by atoms with van der Waals surface area (Å²) >= 11 is 0. The lowest BCUT2D eigenvalue weighted by Gasteiger charge is -2.40. The molecule has 1 N–H and O–H groups in total. The number of fused-ring (bicyclic) bond motifs is 1. The fourth-order valence-electron chi connectivity index (χ4n) is 7.44. The Kier molecular flexibility index (Phi) is 10.4. The zero-order valence-corrected chi connectivity index (χ0v) is 27.1. The summed E-state index contributed by atoms with van der Waals surface area (Å²) in [6.45, 7) is 8.10. The van der Waals surface area contributed by atoms with Gasteiger partial charge in [0.2, 0.25) is 5.91 Å². The zero-order valence-electron chi connectivity index (χ0n) is 27.1. The first-order chi connectivity index (χ1) is 23.2. The van der Waals surface area contributed by atoms with Crippen LogP contribution in [0.4, 0.5) is 8.78 Å². The molecule has 1 amide bonds. The van der Waals surface area contributed by atoms with Gasteiger partial charge in [0.1, 0.15) is 17.4 Å². The Bertz CT molecular complexity index is 1650. The summed E-state index contributed by atoms with van der Waals surface area (Å²) in [6.07, 6.45) is 4.01. The van der Waals surface area contributed by atoms with Gasteiger partial charge < -0.3 is 10.2 Å². The second kappa shape index (κ2) is 14.8. The first kappa shape index (κ1) is 33.6. The van der Waals surface area contributed by atoms with E-state index in [1.165, 1.54) is 24.3 Å². The maximum absolute atomic E-state index is 13.7. The molecule has 0 bridgehead atoms. The number of piperidine rings is 1. The number of carbonyl (C=O) groups is 4. The minimum atomic E-state index is -1.04. The number of unbranched alkanes of at least 4 members (excludes halogenated alkanes) is 2. The molecule has 2 atom stereocenters. The average molecular weight is 654 g/mol. The number of amides is 1. The smallest absolute Gasteiger partial charge is 0.228 e. The van der Waals surface area contributed by atoms with Crippen molar-refractivity contribution in [3.63, 3.8) is 0 Å². The number of nitrogens with zero attached hydrogens (tertiary/aromatic N) is 2. The number of carbonyl (C=O) groups excluding carboxylic acids is 4. The molecule has 6 rings (SSSR count). The van der Waals surface area contributed by atoms with Gasteiger partial charge in [0.05, 0.1) is 17.9 Å². The minimum absolute atomic E-state index is 0.0278. The van der Waals surface area contributed by atoms with Gasteiger partial charge in [-0.2, -0.15) is 0 Å². The van der Waals surface area contributed by atoms with E-state index in [2.05, 4.69) is 21.7 Å². The van der Waals surface area contributed by atoms with Crippen LogP contribution in [0.5, 0.6) is 0 Å². The molecule has 48 heavy (non-hydrogen) atoms. The predicted molar refractivity (Wildman–Crippen MR) is 178 cm³/mol. The fraction of sp³-hybridized carbons (Fsp3) is 0.385. The summed E-state index contributed by atoms with van der Waals surface area (Å²) in [7, 11) is 0. The average Bonchev–Trinajstić information content (AvgIpc) is 3.33. The Morgan fingerprint density at radius 1 is 0.833 bits per heavy atom. The molecule has 2 unspecified atom stereocenters. The van der Waals surface area contributed by atoms with Crippen LogP contribution in [0.3, 0.4) is 0 Å². The van der Waals surface area contributed by atoms with Crippen LogP contribution in [0.2, 0.25) is 0 Å². The molecule has 0 spiro atoms. The number of nitrogens with one attached hydrogen (secondary N) is 1. The van der Waals surface area contributed by atoms with E-state index < -0.39 is 11.8 Å². The number of Topliss-reactive ketones (excluding diaryl/α,β-unsaturated/α-hetero) is 3. The van der Waals surface area contributed by atoms with Gasteiger partial charge >= 0.3 is 0 Å². The van der Waals surface area contributed by atoms with Gasteiger partial charge in [-0.25, -0.2) is 8.78 Å². The van der Waals surface area contributed by atoms with Crippen molar-refractivity contribution in [1.29, 1.82) is 0 Å². The first-order valence-electron chi connectivity index (χ1n) is 16.9. The van der Waals surface area contributed by atoms with Gasteiger partial charge in [-0.1, -0.05) is 55.5 Å². The van der Waals surface area contributed by atoms with Crippen molar-refractivity contribution >= 4 is 23.3 Å². The van der Waals surface area contributed by atoms with Crippen molar-refractivity contribution in [3.05, 3.63) is 118 Å². The summed E-state index contributed by atoms with van der Waals surface area (Å²) in [5, 5.41) is 2.68. The molecule has 2 saturated heterocycles. The van der Waals surface area contributed by atoms with Gasteiger partial charge in [-0.05, 0) is 73.2 Å². The molecule has 0 saturated carbocycles. The predicted octanol–water partition coefficient (Wildman–Crippen LogP) is 6.08. The number of hydrogen-bond donors (Lipinski definition) is 1. The number of rotatable bonds is 12. The van der Waals surface area contributed by atoms with Gasteiger partial charge in [-0.15, -0.1) is 0 Å². The number of allylic oxidation sites excluding steroid dienone is 1. The molecule has 3 aromatic rings. The number of hydrogen-bond acceptors (Lipinski definition) is 6. The Morgan fingerprint density at radius 3 is 2.10 bits per heavy atom. The third kappa shape index (κ3) is 7.37. The number of halogens is 2. The topological polar surface area (TPSA) is 86.8 Å². The molecular formula is C39H41F2N3O4. The van der Waals surface area contributed by atoms with Crippen LogP contribution in [0.25, 0.3) is 0 Å². The Labute approximate surface area is 280 Å². The number of piperazine rings is 1. The van der Waals surface area contributed by atoms with E-state index in [0.717, 1.165) is 63.1 Å². The van der Waals surface area contributed by atoms with Crippen LogP contribution in [-0.2, 0) is 16.0 Å². The molecule has 3 aliphatic rings.